The molecule has 0 bridgehead atoms. The molecule has 3 atom stereocenters. The summed E-state index contributed by atoms with van der Waals surface area (Å²) in [4.78, 5) is 41.3. The second-order valence-electron chi connectivity index (χ2n) is 8.48. The van der Waals surface area contributed by atoms with Crippen molar-refractivity contribution in [1.29, 1.82) is 0 Å². The smallest absolute Gasteiger partial charge is 0.315 e. The van der Waals surface area contributed by atoms with Gasteiger partial charge in [-0.15, -0.1) is 0 Å². The van der Waals surface area contributed by atoms with Crippen molar-refractivity contribution in [2.75, 3.05) is 33.4 Å². The Morgan fingerprint density at radius 3 is 2.74 bits per heavy atom. The Kier molecular flexibility index (Phi) is 7.50. The lowest BCUT2D eigenvalue weighted by Crippen LogP contribution is -2.62. The molecule has 2 aliphatic rings. The molecule has 2 fully saturated rings. The van der Waals surface area contributed by atoms with E-state index < -0.39 is 6.04 Å². The molecule has 0 aliphatic carbocycles. The Balaban J connectivity index is 1.70. The van der Waals surface area contributed by atoms with E-state index in [-0.39, 0.29) is 49.1 Å². The fourth-order valence-electron chi connectivity index (χ4n) is 4.25. The van der Waals surface area contributed by atoms with E-state index in [1.165, 1.54) is 7.11 Å². The third-order valence-electron chi connectivity index (χ3n) is 5.68. The Morgan fingerprint density at radius 1 is 1.32 bits per heavy atom. The fourth-order valence-corrected chi connectivity index (χ4v) is 4.25. The zero-order valence-electron chi connectivity index (χ0n) is 18.6. The largest absolute Gasteiger partial charge is 0.375 e. The van der Waals surface area contributed by atoms with Crippen LogP contribution in [0, 0.1) is 0 Å². The quantitative estimate of drug-likeness (QED) is 0.484. The fraction of sp³-hybridized carbons (Fsp3) is 0.700. The standard InChI is InChI=1S/C20H33N7O4/c1-13(2)23-20(30)24-14-7-16-11-26(10-15-5-6-22-25(15)3)17(19(29)27(16)9-14)8-21-18(28)12-31-4/h5-6,13-14,16-17H,7-12H2,1-4H3,(H,21,28)(H2,23,24,30)/t14-,16-,17-/m0/s1. The van der Waals surface area contributed by atoms with E-state index in [0.29, 0.717) is 26.1 Å². The molecule has 31 heavy (non-hydrogen) atoms. The molecule has 3 heterocycles. The van der Waals surface area contributed by atoms with Crippen LogP contribution in [0.5, 0.6) is 0 Å². The first-order chi connectivity index (χ1) is 14.8. The summed E-state index contributed by atoms with van der Waals surface area (Å²) in [6.45, 7) is 5.63. The SMILES string of the molecule is COCC(=O)NC[C@H]1C(=O)N2C[C@@H](NC(=O)NC(C)C)C[C@H]2CN1Cc1ccnn1C. The Hall–Kier alpha value is -2.66. The van der Waals surface area contributed by atoms with E-state index in [4.69, 9.17) is 4.74 Å². The summed E-state index contributed by atoms with van der Waals surface area (Å²) in [5.74, 6) is -0.297. The number of aromatic nitrogens is 2. The number of carbonyl (C=O) groups is 3. The van der Waals surface area contributed by atoms with Gasteiger partial charge in [-0.05, 0) is 26.3 Å². The van der Waals surface area contributed by atoms with E-state index in [9.17, 15) is 14.4 Å². The highest BCUT2D eigenvalue weighted by atomic mass is 16.5. The molecule has 0 spiro atoms. The van der Waals surface area contributed by atoms with Gasteiger partial charge in [-0.25, -0.2) is 4.79 Å². The number of nitrogens with one attached hydrogen (secondary N) is 3. The molecule has 11 nitrogen and oxygen atoms in total. The van der Waals surface area contributed by atoms with Crippen LogP contribution in [-0.2, 0) is 27.9 Å². The predicted molar refractivity (Wildman–Crippen MR) is 113 cm³/mol. The van der Waals surface area contributed by atoms with Crippen molar-refractivity contribution in [1.82, 2.24) is 35.5 Å². The average Bonchev–Trinajstić information content (AvgIpc) is 3.27. The Morgan fingerprint density at radius 2 is 2.10 bits per heavy atom. The van der Waals surface area contributed by atoms with Crippen LogP contribution in [0.2, 0.25) is 0 Å². The third-order valence-corrected chi connectivity index (χ3v) is 5.68. The lowest BCUT2D eigenvalue weighted by Gasteiger charge is -2.42. The van der Waals surface area contributed by atoms with Gasteiger partial charge >= 0.3 is 6.03 Å². The van der Waals surface area contributed by atoms with Crippen molar-refractivity contribution in [3.8, 4) is 0 Å². The molecule has 0 aromatic carbocycles. The minimum absolute atomic E-state index is 0.0102. The van der Waals surface area contributed by atoms with Gasteiger partial charge in [0.05, 0.1) is 11.7 Å². The van der Waals surface area contributed by atoms with Gasteiger partial charge < -0.3 is 25.6 Å². The van der Waals surface area contributed by atoms with Crippen molar-refractivity contribution in [2.45, 2.75) is 51.0 Å². The number of piperazine rings is 1. The molecule has 0 unspecified atom stereocenters. The molecule has 1 aromatic heterocycles. The molecular formula is C20H33N7O4. The monoisotopic (exact) mass is 435 g/mol. The first-order valence-corrected chi connectivity index (χ1v) is 10.6. The number of rotatable bonds is 8. The number of aryl methyl sites for hydroxylation is 1. The number of hydrogen-bond acceptors (Lipinski definition) is 6. The second kappa shape index (κ2) is 10.1. The number of methoxy groups -OCH3 is 1. The van der Waals surface area contributed by atoms with E-state index in [1.807, 2.05) is 31.9 Å². The van der Waals surface area contributed by atoms with Gasteiger partial charge in [-0.2, -0.15) is 5.10 Å². The van der Waals surface area contributed by atoms with Crippen molar-refractivity contribution < 1.29 is 19.1 Å². The molecule has 2 aliphatic heterocycles. The summed E-state index contributed by atoms with van der Waals surface area (Å²) < 4.78 is 6.65. The van der Waals surface area contributed by atoms with Gasteiger partial charge in [0, 0.05) is 58.6 Å². The zero-order valence-corrected chi connectivity index (χ0v) is 18.6. The highest BCUT2D eigenvalue weighted by Crippen LogP contribution is 2.27. The second-order valence-corrected chi connectivity index (χ2v) is 8.48. The number of carbonyl (C=O) groups excluding carboxylic acids is 3. The third kappa shape index (κ3) is 5.73. The summed E-state index contributed by atoms with van der Waals surface area (Å²) in [6.07, 6.45) is 2.42. The number of amides is 4. The number of fused-ring (bicyclic) bond motifs is 1. The maximum atomic E-state index is 13.4. The number of ether oxygens (including phenoxy) is 1. The van der Waals surface area contributed by atoms with Crippen LogP contribution < -0.4 is 16.0 Å². The Labute approximate surface area is 182 Å². The lowest BCUT2D eigenvalue weighted by atomic mass is 10.0. The van der Waals surface area contributed by atoms with Crippen molar-refractivity contribution in [3.63, 3.8) is 0 Å². The van der Waals surface area contributed by atoms with Crippen LogP contribution in [0.25, 0.3) is 0 Å². The Bertz CT molecular complexity index is 796. The normalized spacial score (nSPS) is 23.7. The van der Waals surface area contributed by atoms with E-state index in [2.05, 4.69) is 25.9 Å². The van der Waals surface area contributed by atoms with Crippen molar-refractivity contribution in [2.24, 2.45) is 7.05 Å². The number of urea groups is 1. The summed E-state index contributed by atoms with van der Waals surface area (Å²) in [7, 11) is 3.32. The molecule has 172 valence electrons. The molecule has 0 radical (unpaired) electrons. The zero-order chi connectivity index (χ0) is 22.5. The van der Waals surface area contributed by atoms with Crippen LogP contribution in [0.1, 0.15) is 26.0 Å². The molecule has 4 amide bonds. The van der Waals surface area contributed by atoms with E-state index >= 15 is 0 Å². The van der Waals surface area contributed by atoms with Crippen molar-refractivity contribution in [3.05, 3.63) is 18.0 Å². The maximum absolute atomic E-state index is 13.4. The molecule has 3 N–H and O–H groups in total. The van der Waals surface area contributed by atoms with Gasteiger partial charge in [0.1, 0.15) is 12.6 Å². The number of nitrogens with zero attached hydrogens (tertiary/aromatic N) is 4. The minimum Gasteiger partial charge on any atom is -0.375 e. The molecule has 3 rings (SSSR count). The molecule has 0 saturated carbocycles. The summed E-state index contributed by atoms with van der Waals surface area (Å²) >= 11 is 0. The molecule has 1 aromatic rings. The summed E-state index contributed by atoms with van der Waals surface area (Å²) in [5, 5.41) is 12.8. The van der Waals surface area contributed by atoms with Gasteiger partial charge in [0.15, 0.2) is 0 Å². The van der Waals surface area contributed by atoms with Crippen LogP contribution >= 0.6 is 0 Å². The van der Waals surface area contributed by atoms with Gasteiger partial charge in [-0.3, -0.25) is 19.2 Å². The van der Waals surface area contributed by atoms with Gasteiger partial charge in [0.25, 0.3) is 0 Å². The van der Waals surface area contributed by atoms with Crippen molar-refractivity contribution >= 4 is 17.8 Å². The predicted octanol–water partition coefficient (Wildman–Crippen LogP) is -0.956. The van der Waals surface area contributed by atoms with Gasteiger partial charge in [0.2, 0.25) is 11.8 Å². The van der Waals surface area contributed by atoms with E-state index in [1.54, 1.807) is 10.9 Å². The molecule has 11 heteroatoms. The lowest BCUT2D eigenvalue weighted by molar-refractivity contribution is -0.144. The highest BCUT2D eigenvalue weighted by Gasteiger charge is 2.45. The highest BCUT2D eigenvalue weighted by molar-refractivity contribution is 5.85. The summed E-state index contributed by atoms with van der Waals surface area (Å²) in [6, 6.07) is 1.16. The minimum atomic E-state index is -0.491. The van der Waals surface area contributed by atoms with E-state index in [0.717, 1.165) is 5.69 Å². The maximum Gasteiger partial charge on any atom is 0.315 e. The van der Waals surface area contributed by atoms with Crippen LogP contribution in [0.3, 0.4) is 0 Å². The topological polar surface area (TPSA) is 121 Å². The average molecular weight is 436 g/mol. The van der Waals surface area contributed by atoms with Crippen LogP contribution in [0.4, 0.5) is 4.79 Å². The number of hydrogen-bond donors (Lipinski definition) is 3. The first-order valence-electron chi connectivity index (χ1n) is 10.6. The molecule has 2 saturated heterocycles. The molecular weight excluding hydrogens is 402 g/mol. The van der Waals surface area contributed by atoms with Crippen LogP contribution in [0.15, 0.2) is 12.3 Å². The summed E-state index contributed by atoms with van der Waals surface area (Å²) in [5.41, 5.74) is 0.985. The van der Waals surface area contributed by atoms with Gasteiger partial charge in [-0.1, -0.05) is 0 Å². The first kappa shape index (κ1) is 23.0. The van der Waals surface area contributed by atoms with Crippen LogP contribution in [-0.4, -0.2) is 94.9 Å².